The number of fused-ring (bicyclic) bond motifs is 1. The maximum absolute atomic E-state index is 12.3. The third-order valence-corrected chi connectivity index (χ3v) is 4.86. The minimum atomic E-state index is -0.708. The molecule has 3 rings (SSSR count). The lowest BCUT2D eigenvalue weighted by molar-refractivity contribution is -0.147. The van der Waals surface area contributed by atoms with Gasteiger partial charge in [0, 0.05) is 0 Å². The van der Waals surface area contributed by atoms with Gasteiger partial charge in [0.25, 0.3) is 11.8 Å². The number of carbonyl (C=O) groups excluding carboxylic acids is 3. The SMILES string of the molecule is CCOc1ccccc1C(=O)NCC(=O)OCC(=O)NC(C)c1cccc2ccccc12. The Labute approximate surface area is 186 Å². The second-order valence-corrected chi connectivity index (χ2v) is 7.13. The van der Waals surface area contributed by atoms with Gasteiger partial charge in [-0.2, -0.15) is 0 Å². The third-order valence-electron chi connectivity index (χ3n) is 4.86. The van der Waals surface area contributed by atoms with Gasteiger partial charge in [-0.25, -0.2) is 0 Å². The van der Waals surface area contributed by atoms with Crippen molar-refractivity contribution in [3.8, 4) is 5.75 Å². The van der Waals surface area contributed by atoms with E-state index in [9.17, 15) is 14.4 Å². The van der Waals surface area contributed by atoms with Gasteiger partial charge in [-0.15, -0.1) is 0 Å². The molecule has 2 N–H and O–H groups in total. The monoisotopic (exact) mass is 434 g/mol. The van der Waals surface area contributed by atoms with Crippen LogP contribution >= 0.6 is 0 Å². The zero-order valence-corrected chi connectivity index (χ0v) is 18.1. The maximum atomic E-state index is 12.3. The quantitative estimate of drug-likeness (QED) is 0.504. The van der Waals surface area contributed by atoms with Crippen molar-refractivity contribution in [3.63, 3.8) is 0 Å². The average Bonchev–Trinajstić information content (AvgIpc) is 2.81. The average molecular weight is 434 g/mol. The summed E-state index contributed by atoms with van der Waals surface area (Å²) in [5.74, 6) is -1.16. The van der Waals surface area contributed by atoms with E-state index in [2.05, 4.69) is 10.6 Å². The van der Waals surface area contributed by atoms with Crippen molar-refractivity contribution in [3.05, 3.63) is 77.9 Å². The Morgan fingerprint density at radius 2 is 1.66 bits per heavy atom. The molecule has 0 fully saturated rings. The van der Waals surface area contributed by atoms with Crippen molar-refractivity contribution >= 4 is 28.6 Å². The molecule has 166 valence electrons. The third kappa shape index (κ3) is 5.85. The summed E-state index contributed by atoms with van der Waals surface area (Å²) in [5, 5.41) is 7.45. The van der Waals surface area contributed by atoms with Crippen molar-refractivity contribution < 1.29 is 23.9 Å². The minimum Gasteiger partial charge on any atom is -0.493 e. The Kier molecular flexibility index (Phi) is 7.80. The van der Waals surface area contributed by atoms with Gasteiger partial charge < -0.3 is 20.1 Å². The summed E-state index contributed by atoms with van der Waals surface area (Å²) in [7, 11) is 0. The minimum absolute atomic E-state index is 0.262. The lowest BCUT2D eigenvalue weighted by Gasteiger charge is -2.16. The van der Waals surface area contributed by atoms with Crippen LogP contribution in [0, 0.1) is 0 Å². The highest BCUT2D eigenvalue weighted by Crippen LogP contribution is 2.24. The van der Waals surface area contributed by atoms with Crippen molar-refractivity contribution in [1.82, 2.24) is 10.6 Å². The van der Waals surface area contributed by atoms with E-state index in [1.807, 2.05) is 56.3 Å². The molecule has 0 aliphatic rings. The normalized spacial score (nSPS) is 11.4. The number of ether oxygens (including phenoxy) is 2. The van der Waals surface area contributed by atoms with E-state index in [0.717, 1.165) is 16.3 Å². The molecule has 3 aromatic rings. The number of rotatable bonds is 9. The fraction of sp³-hybridized carbons (Fsp3) is 0.240. The van der Waals surface area contributed by atoms with Gasteiger partial charge in [-0.3, -0.25) is 14.4 Å². The van der Waals surface area contributed by atoms with Gasteiger partial charge in [0.15, 0.2) is 6.61 Å². The molecule has 0 spiro atoms. The largest absolute Gasteiger partial charge is 0.493 e. The highest BCUT2D eigenvalue weighted by Gasteiger charge is 2.16. The first kappa shape index (κ1) is 22.8. The Balaban J connectivity index is 1.47. The van der Waals surface area contributed by atoms with Crippen molar-refractivity contribution in [2.75, 3.05) is 19.8 Å². The van der Waals surface area contributed by atoms with E-state index in [0.29, 0.717) is 17.9 Å². The van der Waals surface area contributed by atoms with Crippen LogP contribution in [0.4, 0.5) is 0 Å². The van der Waals surface area contributed by atoms with Crippen LogP contribution < -0.4 is 15.4 Å². The summed E-state index contributed by atoms with van der Waals surface area (Å²) >= 11 is 0. The van der Waals surface area contributed by atoms with Gasteiger partial charge >= 0.3 is 5.97 Å². The lowest BCUT2D eigenvalue weighted by atomic mass is 10.00. The molecule has 0 bridgehead atoms. The van der Waals surface area contributed by atoms with Gasteiger partial charge in [0.2, 0.25) is 0 Å². The van der Waals surface area contributed by atoms with Gasteiger partial charge in [0.1, 0.15) is 12.3 Å². The molecule has 7 heteroatoms. The number of benzene rings is 3. The molecular formula is C25H26N2O5. The molecule has 0 saturated carbocycles. The molecule has 3 aromatic carbocycles. The molecule has 0 aromatic heterocycles. The second kappa shape index (κ2) is 10.9. The van der Waals surface area contributed by atoms with Crippen LogP contribution in [0.2, 0.25) is 0 Å². The van der Waals surface area contributed by atoms with Crippen molar-refractivity contribution in [2.24, 2.45) is 0 Å². The van der Waals surface area contributed by atoms with E-state index < -0.39 is 24.4 Å². The summed E-state index contributed by atoms with van der Waals surface area (Å²) in [6.07, 6.45) is 0. The van der Waals surface area contributed by atoms with Crippen LogP contribution in [0.25, 0.3) is 10.8 Å². The summed E-state index contributed by atoms with van der Waals surface area (Å²) in [6, 6.07) is 20.3. The fourth-order valence-corrected chi connectivity index (χ4v) is 3.37. The van der Waals surface area contributed by atoms with Crippen molar-refractivity contribution in [2.45, 2.75) is 19.9 Å². The van der Waals surface area contributed by atoms with Crippen LogP contribution in [-0.2, 0) is 14.3 Å². The van der Waals surface area contributed by atoms with E-state index in [-0.39, 0.29) is 12.6 Å². The summed E-state index contributed by atoms with van der Waals surface area (Å²) in [4.78, 5) is 36.5. The maximum Gasteiger partial charge on any atom is 0.325 e. The summed E-state index contributed by atoms with van der Waals surface area (Å²) < 4.78 is 10.4. The number of hydrogen-bond acceptors (Lipinski definition) is 5. The van der Waals surface area contributed by atoms with Crippen LogP contribution in [0.5, 0.6) is 5.75 Å². The number of nitrogens with one attached hydrogen (secondary N) is 2. The molecule has 2 amide bonds. The van der Waals surface area contributed by atoms with Crippen LogP contribution in [0.3, 0.4) is 0 Å². The van der Waals surface area contributed by atoms with E-state index in [1.54, 1.807) is 24.3 Å². The van der Waals surface area contributed by atoms with E-state index in [4.69, 9.17) is 9.47 Å². The Morgan fingerprint density at radius 3 is 2.47 bits per heavy atom. The van der Waals surface area contributed by atoms with Crippen molar-refractivity contribution in [1.29, 1.82) is 0 Å². The number of hydrogen-bond donors (Lipinski definition) is 2. The molecule has 0 aliphatic heterocycles. The lowest BCUT2D eigenvalue weighted by Crippen LogP contribution is -2.35. The predicted octanol–water partition coefficient (Wildman–Crippen LogP) is 3.39. The first-order chi connectivity index (χ1) is 15.5. The first-order valence-electron chi connectivity index (χ1n) is 10.4. The molecular weight excluding hydrogens is 408 g/mol. The predicted molar refractivity (Wildman–Crippen MR) is 121 cm³/mol. The molecule has 0 heterocycles. The van der Waals surface area contributed by atoms with Gasteiger partial charge in [-0.1, -0.05) is 54.6 Å². The molecule has 0 saturated heterocycles. The standard InChI is InChI=1S/C25H26N2O5/c1-3-31-22-14-7-6-12-21(22)25(30)26-15-24(29)32-16-23(28)27-17(2)19-13-8-10-18-9-4-5-11-20(18)19/h4-14,17H,3,15-16H2,1-2H3,(H,26,30)(H,27,28). The summed E-state index contributed by atoms with van der Waals surface area (Å²) in [5.41, 5.74) is 1.30. The Hall–Kier alpha value is -3.87. The van der Waals surface area contributed by atoms with Gasteiger partial charge in [-0.05, 0) is 42.3 Å². The van der Waals surface area contributed by atoms with E-state index >= 15 is 0 Å². The molecule has 0 radical (unpaired) electrons. The summed E-state index contributed by atoms with van der Waals surface area (Å²) in [6.45, 7) is 3.32. The van der Waals surface area contributed by atoms with E-state index in [1.165, 1.54) is 0 Å². The van der Waals surface area contributed by atoms with Crippen LogP contribution in [-0.4, -0.2) is 37.5 Å². The fourth-order valence-electron chi connectivity index (χ4n) is 3.37. The Morgan fingerprint density at radius 1 is 0.938 bits per heavy atom. The molecule has 7 nitrogen and oxygen atoms in total. The highest BCUT2D eigenvalue weighted by atomic mass is 16.5. The van der Waals surface area contributed by atoms with Crippen LogP contribution in [0.1, 0.15) is 35.8 Å². The van der Waals surface area contributed by atoms with Gasteiger partial charge in [0.05, 0.1) is 18.2 Å². The number of carbonyl (C=O) groups is 3. The zero-order chi connectivity index (χ0) is 22.9. The smallest absolute Gasteiger partial charge is 0.325 e. The first-order valence-corrected chi connectivity index (χ1v) is 10.4. The molecule has 32 heavy (non-hydrogen) atoms. The molecule has 1 unspecified atom stereocenters. The second-order valence-electron chi connectivity index (χ2n) is 7.13. The molecule has 1 atom stereocenters. The Bertz CT molecular complexity index is 1110. The number of para-hydroxylation sites is 1. The molecule has 0 aliphatic carbocycles. The zero-order valence-electron chi connectivity index (χ0n) is 18.1. The topological polar surface area (TPSA) is 93.7 Å². The number of esters is 1. The highest BCUT2D eigenvalue weighted by molar-refractivity contribution is 5.98. The number of amides is 2. The van der Waals surface area contributed by atoms with Crippen LogP contribution in [0.15, 0.2) is 66.7 Å².